The molecule has 8 nitrogen and oxygen atoms in total. The zero-order chi connectivity index (χ0) is 29.2. The Labute approximate surface area is 243 Å². The van der Waals surface area contributed by atoms with Crippen LogP contribution in [0.25, 0.3) is 0 Å². The Morgan fingerprint density at radius 2 is 1.46 bits per heavy atom. The maximum Gasteiger partial charge on any atom is 0.264 e. The Morgan fingerprint density at radius 3 is 2.22 bits per heavy atom. The molecular formula is C33H41N3O5. The third-order valence-electron chi connectivity index (χ3n) is 7.33. The average Bonchev–Trinajstić information content (AvgIpc) is 3.02. The van der Waals surface area contributed by atoms with Crippen LogP contribution in [0.4, 0.5) is 5.69 Å². The van der Waals surface area contributed by atoms with Crippen molar-refractivity contribution in [3.8, 4) is 17.2 Å². The van der Waals surface area contributed by atoms with Gasteiger partial charge >= 0.3 is 0 Å². The molecule has 41 heavy (non-hydrogen) atoms. The van der Waals surface area contributed by atoms with Gasteiger partial charge in [0.05, 0.1) is 12.8 Å². The van der Waals surface area contributed by atoms with Gasteiger partial charge in [-0.15, -0.1) is 0 Å². The maximum atomic E-state index is 13.7. The summed E-state index contributed by atoms with van der Waals surface area (Å²) in [6.07, 6.45) is 0.802. The van der Waals surface area contributed by atoms with E-state index in [1.54, 1.807) is 13.2 Å². The summed E-state index contributed by atoms with van der Waals surface area (Å²) in [7, 11) is 1.60. The number of amides is 2. The molecule has 1 aliphatic heterocycles. The van der Waals surface area contributed by atoms with E-state index in [-0.39, 0.29) is 25.0 Å². The highest BCUT2D eigenvalue weighted by atomic mass is 16.5. The maximum absolute atomic E-state index is 13.7. The molecule has 0 aromatic heterocycles. The van der Waals surface area contributed by atoms with Crippen LogP contribution in [0.1, 0.15) is 31.4 Å². The predicted octanol–water partition coefficient (Wildman–Crippen LogP) is 4.94. The van der Waals surface area contributed by atoms with Crippen molar-refractivity contribution in [2.75, 3.05) is 51.4 Å². The summed E-state index contributed by atoms with van der Waals surface area (Å²) in [4.78, 5) is 33.3. The lowest BCUT2D eigenvalue weighted by Crippen LogP contribution is -2.42. The highest BCUT2D eigenvalue weighted by molar-refractivity contribution is 5.96. The molecule has 218 valence electrons. The zero-order valence-electron chi connectivity index (χ0n) is 24.5. The van der Waals surface area contributed by atoms with Crippen molar-refractivity contribution in [2.24, 2.45) is 0 Å². The van der Waals surface area contributed by atoms with Crippen molar-refractivity contribution in [1.29, 1.82) is 0 Å². The van der Waals surface area contributed by atoms with E-state index in [1.807, 2.05) is 83.5 Å². The number of carbonyl (C=O) groups excluding carboxylic acids is 2. The summed E-state index contributed by atoms with van der Waals surface area (Å²) in [5.41, 5.74) is 2.75. The number of hydrogen-bond acceptors (Lipinski definition) is 6. The SMILES string of the molecule is COc1cccc(OCC(=O)N2CCN(C(C)C)CCCN(C(=O)COc3ccccc3)c3c(C)cccc3C2)c1. The lowest BCUT2D eigenvalue weighted by molar-refractivity contribution is -0.134. The van der Waals surface area contributed by atoms with Crippen molar-refractivity contribution < 1.29 is 23.8 Å². The van der Waals surface area contributed by atoms with Gasteiger partial charge in [0.15, 0.2) is 13.2 Å². The number of rotatable bonds is 8. The fourth-order valence-corrected chi connectivity index (χ4v) is 5.07. The van der Waals surface area contributed by atoms with Gasteiger partial charge in [0.25, 0.3) is 11.8 Å². The van der Waals surface area contributed by atoms with Crippen LogP contribution in [0.5, 0.6) is 17.2 Å². The lowest BCUT2D eigenvalue weighted by atomic mass is 10.1. The summed E-state index contributed by atoms with van der Waals surface area (Å²) < 4.78 is 17.0. The Bertz CT molecular complexity index is 1300. The molecule has 0 unspecified atom stereocenters. The van der Waals surface area contributed by atoms with E-state index in [4.69, 9.17) is 14.2 Å². The fraction of sp³-hybridized carbons (Fsp3) is 0.394. The van der Waals surface area contributed by atoms with Crippen molar-refractivity contribution in [3.63, 3.8) is 0 Å². The van der Waals surface area contributed by atoms with Crippen LogP contribution in [0.15, 0.2) is 72.8 Å². The van der Waals surface area contributed by atoms with Gasteiger partial charge in [-0.3, -0.25) is 14.5 Å². The second-order valence-electron chi connectivity index (χ2n) is 10.5. The van der Waals surface area contributed by atoms with Gasteiger partial charge in [-0.25, -0.2) is 0 Å². The van der Waals surface area contributed by atoms with Gasteiger partial charge in [-0.05, 0) is 62.6 Å². The van der Waals surface area contributed by atoms with Crippen LogP contribution in [0, 0.1) is 6.92 Å². The van der Waals surface area contributed by atoms with Crippen LogP contribution in [0.2, 0.25) is 0 Å². The molecule has 8 heteroatoms. The number of aryl methyl sites for hydroxylation is 1. The van der Waals surface area contributed by atoms with Gasteiger partial charge in [0.1, 0.15) is 17.2 Å². The van der Waals surface area contributed by atoms with Gasteiger partial charge in [0.2, 0.25) is 0 Å². The Hall–Kier alpha value is -4.04. The minimum Gasteiger partial charge on any atom is -0.497 e. The van der Waals surface area contributed by atoms with Gasteiger partial charge < -0.3 is 24.0 Å². The summed E-state index contributed by atoms with van der Waals surface area (Å²) >= 11 is 0. The molecule has 0 saturated carbocycles. The Kier molecular flexibility index (Phi) is 10.6. The first-order valence-corrected chi connectivity index (χ1v) is 14.2. The van der Waals surface area contributed by atoms with Gasteiger partial charge in [-0.2, -0.15) is 0 Å². The number of hydrogen-bond donors (Lipinski definition) is 0. The molecular weight excluding hydrogens is 518 g/mol. The number of methoxy groups -OCH3 is 1. The van der Waals surface area contributed by atoms with Crippen LogP contribution >= 0.6 is 0 Å². The fourth-order valence-electron chi connectivity index (χ4n) is 5.07. The number of benzene rings is 3. The number of ether oxygens (including phenoxy) is 3. The molecule has 0 atom stereocenters. The van der Waals surface area contributed by atoms with E-state index in [2.05, 4.69) is 18.7 Å². The van der Waals surface area contributed by atoms with Crippen molar-refractivity contribution in [3.05, 3.63) is 83.9 Å². The summed E-state index contributed by atoms with van der Waals surface area (Å²) in [5, 5.41) is 0. The van der Waals surface area contributed by atoms with E-state index in [1.165, 1.54) is 0 Å². The smallest absolute Gasteiger partial charge is 0.264 e. The topological polar surface area (TPSA) is 71.6 Å². The highest BCUT2D eigenvalue weighted by Crippen LogP contribution is 2.28. The molecule has 0 fully saturated rings. The van der Waals surface area contributed by atoms with Crippen molar-refractivity contribution in [2.45, 2.75) is 39.8 Å². The van der Waals surface area contributed by atoms with Gasteiger partial charge in [-0.1, -0.05) is 42.5 Å². The highest BCUT2D eigenvalue weighted by Gasteiger charge is 2.26. The number of para-hydroxylation sites is 2. The van der Waals surface area contributed by atoms with Crippen molar-refractivity contribution >= 4 is 17.5 Å². The zero-order valence-corrected chi connectivity index (χ0v) is 24.5. The van der Waals surface area contributed by atoms with Crippen LogP contribution < -0.4 is 19.1 Å². The number of fused-ring (bicyclic) bond motifs is 1. The first kappa shape index (κ1) is 29.9. The van der Waals surface area contributed by atoms with E-state index >= 15 is 0 Å². The monoisotopic (exact) mass is 559 g/mol. The third-order valence-corrected chi connectivity index (χ3v) is 7.33. The summed E-state index contributed by atoms with van der Waals surface area (Å²) in [6.45, 7) is 9.19. The minimum absolute atomic E-state index is 0.0668. The average molecular weight is 560 g/mol. The number of anilines is 1. The van der Waals surface area contributed by atoms with Crippen LogP contribution in [0.3, 0.4) is 0 Å². The summed E-state index contributed by atoms with van der Waals surface area (Å²) in [6, 6.07) is 22.9. The molecule has 3 aromatic carbocycles. The third kappa shape index (κ3) is 8.24. The molecule has 0 aliphatic carbocycles. The van der Waals surface area contributed by atoms with Crippen LogP contribution in [-0.2, 0) is 16.1 Å². The molecule has 2 amide bonds. The molecule has 0 spiro atoms. The molecule has 0 radical (unpaired) electrons. The minimum atomic E-state index is -0.117. The second kappa shape index (κ2) is 14.6. The molecule has 0 N–H and O–H groups in total. The lowest BCUT2D eigenvalue weighted by Gasteiger charge is -2.30. The molecule has 4 rings (SSSR count). The molecule has 3 aromatic rings. The summed E-state index contributed by atoms with van der Waals surface area (Å²) in [5.74, 6) is 1.67. The van der Waals surface area contributed by atoms with E-state index in [0.29, 0.717) is 42.9 Å². The first-order valence-electron chi connectivity index (χ1n) is 14.2. The van der Waals surface area contributed by atoms with Gasteiger partial charge in [0, 0.05) is 44.8 Å². The van der Waals surface area contributed by atoms with E-state index in [0.717, 1.165) is 36.3 Å². The molecule has 1 heterocycles. The second-order valence-corrected chi connectivity index (χ2v) is 10.5. The molecule has 1 aliphatic rings. The first-order chi connectivity index (χ1) is 19.9. The Balaban J connectivity index is 1.59. The quantitative estimate of drug-likeness (QED) is 0.390. The standard InChI is InChI=1S/C33H41N3O5/c1-25(2)34-17-10-18-36(32(38)24-40-28-13-6-5-7-14-28)33-26(3)11-8-12-27(33)22-35(20-19-34)31(37)23-41-30-16-9-15-29(21-30)39-4/h5-9,11-16,21,25H,10,17-20,22-24H2,1-4H3. The normalized spacial score (nSPS) is 14.7. The molecule has 0 saturated heterocycles. The predicted molar refractivity (Wildman–Crippen MR) is 161 cm³/mol. The van der Waals surface area contributed by atoms with E-state index < -0.39 is 0 Å². The van der Waals surface area contributed by atoms with Crippen LogP contribution in [-0.4, -0.2) is 74.2 Å². The van der Waals surface area contributed by atoms with Crippen molar-refractivity contribution in [1.82, 2.24) is 9.80 Å². The number of nitrogens with zero attached hydrogens (tertiary/aromatic N) is 3. The molecule has 0 bridgehead atoms. The Morgan fingerprint density at radius 1 is 0.780 bits per heavy atom. The number of carbonyl (C=O) groups is 2. The van der Waals surface area contributed by atoms with E-state index in [9.17, 15) is 9.59 Å². The largest absolute Gasteiger partial charge is 0.497 e.